The summed E-state index contributed by atoms with van der Waals surface area (Å²) in [4.78, 5) is 11.4. The number of ether oxygens (including phenoxy) is 2. The van der Waals surface area contributed by atoms with Gasteiger partial charge >= 0.3 is 5.97 Å². The number of hydrogen-bond acceptors (Lipinski definition) is 4. The third-order valence-electron chi connectivity index (χ3n) is 5.22. The van der Waals surface area contributed by atoms with Crippen molar-refractivity contribution in [2.45, 2.75) is 89.4 Å². The van der Waals surface area contributed by atoms with E-state index in [1.54, 1.807) is 0 Å². The molecule has 1 rings (SSSR count). The van der Waals surface area contributed by atoms with E-state index in [2.05, 4.69) is 25.5 Å². The molecule has 1 aliphatic rings. The normalized spacial score (nSPS) is 31.6. The maximum Gasteiger partial charge on any atom is 0.308 e. The molecular formula is C18H33ClO4. The third kappa shape index (κ3) is 5.61. The topological polar surface area (TPSA) is 55.8 Å². The fourth-order valence-electron chi connectivity index (χ4n) is 3.78. The molecule has 0 amide bonds. The lowest BCUT2D eigenvalue weighted by atomic mass is 9.81. The van der Waals surface area contributed by atoms with Gasteiger partial charge in [-0.25, -0.2) is 0 Å². The lowest BCUT2D eigenvalue weighted by Gasteiger charge is -2.32. The Morgan fingerprint density at radius 3 is 2.52 bits per heavy atom. The molecular weight excluding hydrogens is 316 g/mol. The summed E-state index contributed by atoms with van der Waals surface area (Å²) in [7, 11) is 1.35. The maximum atomic E-state index is 11.4. The number of esters is 1. The summed E-state index contributed by atoms with van der Waals surface area (Å²) < 4.78 is 11.0. The van der Waals surface area contributed by atoms with Crippen LogP contribution in [0, 0.1) is 11.8 Å². The fourth-order valence-corrected chi connectivity index (χ4v) is 4.04. The number of aliphatic hydroxyl groups excluding tert-OH is 1. The van der Waals surface area contributed by atoms with Gasteiger partial charge in [0.25, 0.3) is 0 Å². The van der Waals surface area contributed by atoms with Gasteiger partial charge in [0.05, 0.1) is 36.7 Å². The predicted molar refractivity (Wildman–Crippen MR) is 92.6 cm³/mol. The Balaban J connectivity index is 2.74. The molecule has 0 aromatic carbocycles. The second-order valence-corrected chi connectivity index (χ2v) is 7.61. The van der Waals surface area contributed by atoms with Gasteiger partial charge in [-0.05, 0) is 38.0 Å². The van der Waals surface area contributed by atoms with Crippen molar-refractivity contribution in [3.63, 3.8) is 0 Å². The summed E-state index contributed by atoms with van der Waals surface area (Å²) >= 11 is 6.46. The zero-order valence-corrected chi connectivity index (χ0v) is 15.9. The van der Waals surface area contributed by atoms with E-state index in [1.165, 1.54) is 7.11 Å². The van der Waals surface area contributed by atoms with E-state index in [9.17, 15) is 9.90 Å². The molecule has 6 atom stereocenters. The molecule has 4 nitrogen and oxygen atoms in total. The van der Waals surface area contributed by atoms with E-state index in [0.29, 0.717) is 5.92 Å². The molecule has 0 aromatic heterocycles. The fraction of sp³-hybridized carbons (Fsp3) is 0.944. The molecule has 5 heteroatoms. The zero-order chi connectivity index (χ0) is 17.6. The SMILES string of the molecule is CC[C@@H]1C[C@@](C)(C[C@@H](CC)[C@H](O)CC(=O)OC)O[C@H]1[C@H](Cl)CC. The Labute approximate surface area is 145 Å². The van der Waals surface area contributed by atoms with Crippen LogP contribution in [0.5, 0.6) is 0 Å². The van der Waals surface area contributed by atoms with Gasteiger partial charge in [0.15, 0.2) is 0 Å². The van der Waals surface area contributed by atoms with E-state index in [-0.39, 0.29) is 35.4 Å². The number of halogens is 1. The van der Waals surface area contributed by atoms with Crippen molar-refractivity contribution in [2.24, 2.45) is 11.8 Å². The van der Waals surface area contributed by atoms with Crippen molar-refractivity contribution < 1.29 is 19.4 Å². The highest BCUT2D eigenvalue weighted by molar-refractivity contribution is 6.21. The molecule has 0 spiro atoms. The summed E-state index contributed by atoms with van der Waals surface area (Å²) in [5.74, 6) is 0.105. The van der Waals surface area contributed by atoms with Gasteiger partial charge in [0.1, 0.15) is 0 Å². The number of aliphatic hydroxyl groups is 1. The Kier molecular flexibility index (Phi) is 8.32. The maximum absolute atomic E-state index is 11.4. The monoisotopic (exact) mass is 348 g/mol. The van der Waals surface area contributed by atoms with Gasteiger partial charge in [-0.15, -0.1) is 11.6 Å². The second kappa shape index (κ2) is 9.24. The lowest BCUT2D eigenvalue weighted by Crippen LogP contribution is -2.35. The second-order valence-electron chi connectivity index (χ2n) is 7.05. The van der Waals surface area contributed by atoms with Gasteiger partial charge in [-0.2, -0.15) is 0 Å². The minimum atomic E-state index is -0.690. The van der Waals surface area contributed by atoms with Crippen molar-refractivity contribution in [1.82, 2.24) is 0 Å². The number of alkyl halides is 1. The van der Waals surface area contributed by atoms with Crippen LogP contribution in [-0.2, 0) is 14.3 Å². The van der Waals surface area contributed by atoms with Crippen LogP contribution < -0.4 is 0 Å². The van der Waals surface area contributed by atoms with E-state index in [0.717, 1.165) is 32.1 Å². The highest BCUT2D eigenvalue weighted by Crippen LogP contribution is 2.44. The van der Waals surface area contributed by atoms with Crippen LogP contribution in [-0.4, -0.2) is 41.4 Å². The largest absolute Gasteiger partial charge is 0.469 e. The smallest absolute Gasteiger partial charge is 0.308 e. The highest BCUT2D eigenvalue weighted by atomic mass is 35.5. The summed E-state index contributed by atoms with van der Waals surface area (Å²) in [6.07, 6.45) is 3.86. The Bertz CT molecular complexity index is 376. The molecule has 1 N–H and O–H groups in total. The number of carbonyl (C=O) groups excluding carboxylic acids is 1. The summed E-state index contributed by atoms with van der Waals surface area (Å²) in [6.45, 7) is 8.41. The van der Waals surface area contributed by atoms with Crippen molar-refractivity contribution in [3.8, 4) is 0 Å². The minimum Gasteiger partial charge on any atom is -0.469 e. The molecule has 0 bridgehead atoms. The molecule has 1 saturated heterocycles. The Morgan fingerprint density at radius 1 is 1.39 bits per heavy atom. The van der Waals surface area contributed by atoms with E-state index in [1.807, 2.05) is 6.92 Å². The van der Waals surface area contributed by atoms with Crippen LogP contribution in [0.2, 0.25) is 0 Å². The van der Waals surface area contributed by atoms with Gasteiger partial charge in [0.2, 0.25) is 0 Å². The van der Waals surface area contributed by atoms with Crippen LogP contribution in [0.3, 0.4) is 0 Å². The molecule has 1 fully saturated rings. The highest BCUT2D eigenvalue weighted by Gasteiger charge is 2.46. The quantitative estimate of drug-likeness (QED) is 0.507. The average Bonchev–Trinajstić information content (AvgIpc) is 2.88. The first-order valence-electron chi connectivity index (χ1n) is 8.86. The summed E-state index contributed by atoms with van der Waals surface area (Å²) in [5.41, 5.74) is -0.286. The molecule has 0 aromatic rings. The van der Waals surface area contributed by atoms with Crippen LogP contribution in [0.4, 0.5) is 0 Å². The van der Waals surface area contributed by atoms with E-state index < -0.39 is 6.10 Å². The molecule has 136 valence electrons. The van der Waals surface area contributed by atoms with Crippen molar-refractivity contribution in [1.29, 1.82) is 0 Å². The van der Waals surface area contributed by atoms with Crippen LogP contribution in [0.15, 0.2) is 0 Å². The van der Waals surface area contributed by atoms with Crippen LogP contribution >= 0.6 is 11.6 Å². The molecule has 0 unspecified atom stereocenters. The van der Waals surface area contributed by atoms with Crippen molar-refractivity contribution in [2.75, 3.05) is 7.11 Å². The van der Waals surface area contributed by atoms with Gasteiger partial charge in [0, 0.05) is 0 Å². The summed E-state index contributed by atoms with van der Waals surface area (Å²) in [5, 5.41) is 10.4. The van der Waals surface area contributed by atoms with Gasteiger partial charge in [-0.3, -0.25) is 4.79 Å². The summed E-state index contributed by atoms with van der Waals surface area (Å²) in [6, 6.07) is 0. The number of methoxy groups -OCH3 is 1. The predicted octanol–water partition coefficient (Wildman–Crippen LogP) is 3.92. The lowest BCUT2D eigenvalue weighted by molar-refractivity contribution is -0.144. The van der Waals surface area contributed by atoms with E-state index in [4.69, 9.17) is 16.3 Å². The molecule has 1 aliphatic heterocycles. The molecule has 0 radical (unpaired) electrons. The van der Waals surface area contributed by atoms with E-state index >= 15 is 0 Å². The first-order chi connectivity index (χ1) is 10.8. The Hall–Kier alpha value is -0.320. The van der Waals surface area contributed by atoms with Crippen LogP contribution in [0.25, 0.3) is 0 Å². The van der Waals surface area contributed by atoms with Crippen molar-refractivity contribution >= 4 is 17.6 Å². The number of carbonyl (C=O) groups is 1. The number of rotatable bonds is 9. The van der Waals surface area contributed by atoms with Crippen LogP contribution in [0.1, 0.15) is 66.2 Å². The first kappa shape index (κ1) is 20.7. The average molecular weight is 349 g/mol. The molecule has 23 heavy (non-hydrogen) atoms. The molecule has 0 aliphatic carbocycles. The third-order valence-corrected chi connectivity index (χ3v) is 5.77. The molecule has 0 saturated carbocycles. The van der Waals surface area contributed by atoms with Gasteiger partial charge < -0.3 is 14.6 Å². The standard InChI is InChI=1S/C18H33ClO4/c1-6-12(15(20)9-16(21)22-5)10-18(4)11-13(7-2)17(23-18)14(19)8-3/h12-15,17,20H,6-11H2,1-5H3/t12-,13-,14-,15-,17-,18-/m1/s1. The zero-order valence-electron chi connectivity index (χ0n) is 15.2. The van der Waals surface area contributed by atoms with Crippen molar-refractivity contribution in [3.05, 3.63) is 0 Å². The Morgan fingerprint density at radius 2 is 2.04 bits per heavy atom. The number of hydrogen-bond donors (Lipinski definition) is 1. The minimum absolute atomic E-state index is 0.0192. The molecule has 1 heterocycles. The first-order valence-corrected chi connectivity index (χ1v) is 9.30. The van der Waals surface area contributed by atoms with Gasteiger partial charge in [-0.1, -0.05) is 33.6 Å².